The number of rotatable bonds is 5. The first-order chi connectivity index (χ1) is 14.0. The molecule has 152 valence electrons. The molecule has 4 nitrogen and oxygen atoms in total. The zero-order valence-electron chi connectivity index (χ0n) is 17.5. The molecule has 2 bridgehead atoms. The molecular formula is C25H30NO3+. The number of benzene rings is 2. The molecule has 0 aromatic heterocycles. The molecule has 6 atom stereocenters. The summed E-state index contributed by atoms with van der Waals surface area (Å²) < 4.78 is 13.2. The average molecular weight is 393 g/mol. The molecule has 4 heteroatoms. The van der Waals surface area contributed by atoms with Crippen molar-refractivity contribution >= 4 is 5.97 Å². The van der Waals surface area contributed by atoms with Crippen LogP contribution in [-0.2, 0) is 19.7 Å². The van der Waals surface area contributed by atoms with Crippen LogP contribution in [0.5, 0.6) is 0 Å². The Morgan fingerprint density at radius 2 is 1.48 bits per heavy atom. The Labute approximate surface area is 173 Å². The van der Waals surface area contributed by atoms with Gasteiger partial charge in [0.1, 0.15) is 35.8 Å². The molecule has 3 aliphatic rings. The summed E-state index contributed by atoms with van der Waals surface area (Å²) >= 11 is 0. The van der Waals surface area contributed by atoms with Crippen molar-refractivity contribution in [3.8, 4) is 0 Å². The molecule has 0 amide bonds. The second-order valence-corrected chi connectivity index (χ2v) is 9.22. The highest BCUT2D eigenvalue weighted by Gasteiger charge is 2.71. The van der Waals surface area contributed by atoms with Crippen LogP contribution in [0.25, 0.3) is 0 Å². The van der Waals surface area contributed by atoms with Crippen molar-refractivity contribution in [1.29, 1.82) is 0 Å². The van der Waals surface area contributed by atoms with Gasteiger partial charge in [-0.3, -0.25) is 4.79 Å². The Kier molecular flexibility index (Phi) is 4.34. The summed E-state index contributed by atoms with van der Waals surface area (Å²) in [5, 5.41) is 0. The first-order valence-corrected chi connectivity index (χ1v) is 10.8. The number of quaternary nitrogens is 1. The van der Waals surface area contributed by atoms with E-state index in [2.05, 4.69) is 14.0 Å². The summed E-state index contributed by atoms with van der Waals surface area (Å²) in [6, 6.07) is 20.9. The van der Waals surface area contributed by atoms with E-state index in [9.17, 15) is 4.79 Å². The van der Waals surface area contributed by atoms with Gasteiger partial charge >= 0.3 is 5.97 Å². The first kappa shape index (κ1) is 18.8. The van der Waals surface area contributed by atoms with Crippen LogP contribution in [0.3, 0.4) is 0 Å². The molecule has 3 aliphatic heterocycles. The van der Waals surface area contributed by atoms with Crippen LogP contribution in [-0.4, -0.2) is 54.4 Å². The third kappa shape index (κ3) is 2.77. The molecule has 3 heterocycles. The molecule has 3 fully saturated rings. The lowest BCUT2D eigenvalue weighted by Crippen LogP contribution is -2.62. The van der Waals surface area contributed by atoms with Crippen molar-refractivity contribution < 1.29 is 18.8 Å². The fourth-order valence-electron chi connectivity index (χ4n) is 5.84. The van der Waals surface area contributed by atoms with E-state index in [1.165, 1.54) is 0 Å². The van der Waals surface area contributed by atoms with Crippen molar-refractivity contribution in [2.24, 2.45) is 0 Å². The van der Waals surface area contributed by atoms with Crippen LogP contribution < -0.4 is 0 Å². The predicted octanol–water partition coefficient (Wildman–Crippen LogP) is 3.68. The van der Waals surface area contributed by atoms with Gasteiger partial charge in [-0.25, -0.2) is 0 Å². The van der Waals surface area contributed by atoms with Gasteiger partial charge in [-0.1, -0.05) is 60.7 Å². The molecule has 0 aliphatic carbocycles. The fourth-order valence-corrected chi connectivity index (χ4v) is 5.84. The number of piperidine rings is 1. The molecule has 5 unspecified atom stereocenters. The second kappa shape index (κ2) is 6.68. The Balaban J connectivity index is 1.42. The average Bonchev–Trinajstić information content (AvgIpc) is 3.53. The van der Waals surface area contributed by atoms with E-state index in [-0.39, 0.29) is 12.1 Å². The van der Waals surface area contributed by atoms with E-state index in [1.807, 2.05) is 67.6 Å². The van der Waals surface area contributed by atoms with E-state index in [4.69, 9.17) is 9.47 Å². The molecule has 5 rings (SSSR count). The molecule has 29 heavy (non-hydrogen) atoms. The fraction of sp³-hybridized carbons (Fsp3) is 0.480. The maximum absolute atomic E-state index is 13.6. The predicted molar refractivity (Wildman–Crippen MR) is 111 cm³/mol. The van der Waals surface area contributed by atoms with E-state index < -0.39 is 5.41 Å². The van der Waals surface area contributed by atoms with E-state index in [0.29, 0.717) is 24.3 Å². The summed E-state index contributed by atoms with van der Waals surface area (Å²) in [6.07, 6.45) is 2.49. The van der Waals surface area contributed by atoms with Crippen LogP contribution in [0.1, 0.15) is 37.8 Å². The maximum Gasteiger partial charge on any atom is 0.321 e. The highest BCUT2D eigenvalue weighted by Crippen LogP contribution is 2.52. The molecule has 3 saturated heterocycles. The molecule has 2 aromatic carbocycles. The lowest BCUT2D eigenvalue weighted by molar-refractivity contribution is -0.954. The lowest BCUT2D eigenvalue weighted by atomic mass is 9.76. The number of carbonyl (C=O) groups excluding carboxylic acids is 1. The molecule has 2 aromatic rings. The smallest absolute Gasteiger partial charge is 0.321 e. The maximum atomic E-state index is 13.6. The summed E-state index contributed by atoms with van der Waals surface area (Å²) in [6.45, 7) is 5.36. The summed E-state index contributed by atoms with van der Waals surface area (Å²) in [4.78, 5) is 13.6. The Bertz CT molecular complexity index is 839. The minimum absolute atomic E-state index is 0.0293. The number of nitrogens with zero attached hydrogens (tertiary/aromatic N) is 1. The molecule has 0 saturated carbocycles. The van der Waals surface area contributed by atoms with E-state index in [1.54, 1.807) is 0 Å². The monoisotopic (exact) mass is 392 g/mol. The highest BCUT2D eigenvalue weighted by atomic mass is 16.6. The van der Waals surface area contributed by atoms with Crippen molar-refractivity contribution in [3.05, 3.63) is 71.8 Å². The number of morpholine rings is 1. The number of epoxide rings is 1. The van der Waals surface area contributed by atoms with Crippen LogP contribution in [0, 0.1) is 0 Å². The third-order valence-electron chi connectivity index (χ3n) is 7.91. The molecule has 0 spiro atoms. The quantitative estimate of drug-likeness (QED) is 0.443. The summed E-state index contributed by atoms with van der Waals surface area (Å²) in [7, 11) is 2.35. The van der Waals surface area contributed by atoms with Crippen LogP contribution in [0.4, 0.5) is 0 Å². The van der Waals surface area contributed by atoms with Gasteiger partial charge in [0.15, 0.2) is 0 Å². The Morgan fingerprint density at radius 1 is 1.00 bits per heavy atom. The standard InChI is InChI=1S/C25H30NO3/c1-4-26(3)20-15-19(16-21(26)23-22(20)29-23)28-24(27)25(2,17-11-7-5-8-12-17)18-13-9-6-10-14-18/h5-14,19-23H,4,15-16H2,1-3H3/q+1/t19?,20?,21?,22-,23?,26?/m0/s1. The number of hydrogen-bond acceptors (Lipinski definition) is 3. The van der Waals surface area contributed by atoms with Gasteiger partial charge in [-0.2, -0.15) is 0 Å². The number of fused-ring (bicyclic) bond motifs is 5. The summed E-state index contributed by atoms with van der Waals surface area (Å²) in [5.41, 5.74) is 1.12. The van der Waals surface area contributed by atoms with Gasteiger partial charge in [-0.15, -0.1) is 0 Å². The largest absolute Gasteiger partial charge is 0.461 e. The lowest BCUT2D eigenvalue weighted by Gasteiger charge is -2.48. The van der Waals surface area contributed by atoms with Gasteiger partial charge in [0.05, 0.1) is 13.6 Å². The number of ether oxygens (including phenoxy) is 2. The molecular weight excluding hydrogens is 362 g/mol. The topological polar surface area (TPSA) is 38.8 Å². The summed E-state index contributed by atoms with van der Waals surface area (Å²) in [5.74, 6) is -0.151. The third-order valence-corrected chi connectivity index (χ3v) is 7.91. The highest BCUT2D eigenvalue weighted by molar-refractivity contribution is 5.87. The van der Waals surface area contributed by atoms with Crippen molar-refractivity contribution in [2.45, 2.75) is 62.5 Å². The molecule has 0 N–H and O–H groups in total. The number of carbonyl (C=O) groups is 1. The number of esters is 1. The minimum Gasteiger partial charge on any atom is -0.461 e. The van der Waals surface area contributed by atoms with Crippen LogP contribution in [0.15, 0.2) is 60.7 Å². The van der Waals surface area contributed by atoms with Gasteiger partial charge in [0.25, 0.3) is 0 Å². The van der Waals surface area contributed by atoms with E-state index >= 15 is 0 Å². The van der Waals surface area contributed by atoms with Gasteiger partial charge < -0.3 is 14.0 Å². The zero-order chi connectivity index (χ0) is 20.2. The Hall–Kier alpha value is -2.17. The van der Waals surface area contributed by atoms with E-state index in [0.717, 1.165) is 35.0 Å². The number of hydrogen-bond donors (Lipinski definition) is 0. The minimum atomic E-state index is -0.818. The van der Waals surface area contributed by atoms with Crippen LogP contribution in [0.2, 0.25) is 0 Å². The van der Waals surface area contributed by atoms with Crippen LogP contribution >= 0.6 is 0 Å². The second-order valence-electron chi connectivity index (χ2n) is 9.22. The van der Waals surface area contributed by atoms with Gasteiger partial charge in [0, 0.05) is 12.8 Å². The normalized spacial score (nSPS) is 35.1. The van der Waals surface area contributed by atoms with Crippen molar-refractivity contribution in [1.82, 2.24) is 0 Å². The Morgan fingerprint density at radius 3 is 1.93 bits per heavy atom. The SMILES string of the molecule is CC[N+]1(C)C2CC(OC(=O)C(C)(c3ccccc3)c3ccccc3)CC1[C@@H]1OC21. The van der Waals surface area contributed by atoms with Gasteiger partial charge in [-0.05, 0) is 25.0 Å². The first-order valence-electron chi connectivity index (χ1n) is 10.8. The van der Waals surface area contributed by atoms with Crippen molar-refractivity contribution in [3.63, 3.8) is 0 Å². The van der Waals surface area contributed by atoms with Gasteiger partial charge in [0.2, 0.25) is 0 Å². The number of likely N-dealkylation sites (N-methyl/N-ethyl adjacent to an activating group) is 1. The zero-order valence-corrected chi connectivity index (χ0v) is 17.5. The molecule has 0 radical (unpaired) electrons. The van der Waals surface area contributed by atoms with Crippen molar-refractivity contribution in [2.75, 3.05) is 13.6 Å².